The monoisotopic (exact) mass is 234 g/mol. The summed E-state index contributed by atoms with van der Waals surface area (Å²) in [5.41, 5.74) is 8.28. The average Bonchev–Trinajstić information content (AvgIpc) is 3.21. The first-order valence-electron chi connectivity index (χ1n) is 6.07. The summed E-state index contributed by atoms with van der Waals surface area (Å²) in [6.45, 7) is 0. The zero-order valence-corrected chi connectivity index (χ0v) is 10.3. The summed E-state index contributed by atoms with van der Waals surface area (Å²) in [4.78, 5) is 11.6. The van der Waals surface area contributed by atoms with Crippen LogP contribution in [0, 0.1) is 0 Å². The van der Waals surface area contributed by atoms with Crippen molar-refractivity contribution in [3.63, 3.8) is 0 Å². The van der Waals surface area contributed by atoms with Crippen LogP contribution in [0.15, 0.2) is 12.1 Å². The first kappa shape index (κ1) is 10.8. The van der Waals surface area contributed by atoms with Gasteiger partial charge in [0.1, 0.15) is 5.69 Å². The van der Waals surface area contributed by atoms with Gasteiger partial charge in [-0.15, -0.1) is 0 Å². The van der Waals surface area contributed by atoms with Crippen molar-refractivity contribution < 1.29 is 9.53 Å². The maximum absolute atomic E-state index is 11.6. The highest BCUT2D eigenvalue weighted by Gasteiger charge is 2.65. The minimum atomic E-state index is -0.281. The van der Waals surface area contributed by atoms with E-state index in [9.17, 15) is 4.79 Å². The molecule has 0 radical (unpaired) electrons. The molecule has 2 N–H and O–H groups in total. The lowest BCUT2D eigenvalue weighted by Crippen LogP contribution is -2.38. The second-order valence-corrected chi connectivity index (χ2v) is 5.39. The molecular weight excluding hydrogens is 216 g/mol. The Morgan fingerprint density at radius 1 is 1.35 bits per heavy atom. The molecule has 0 unspecified atom stereocenters. The van der Waals surface area contributed by atoms with Gasteiger partial charge in [-0.2, -0.15) is 0 Å². The van der Waals surface area contributed by atoms with Gasteiger partial charge in [0.2, 0.25) is 0 Å². The predicted molar refractivity (Wildman–Crippen MR) is 63.8 cm³/mol. The lowest BCUT2D eigenvalue weighted by Gasteiger charge is -2.24. The van der Waals surface area contributed by atoms with Crippen molar-refractivity contribution in [2.45, 2.75) is 36.6 Å². The minimum Gasteiger partial charge on any atom is -0.464 e. The van der Waals surface area contributed by atoms with Crippen LogP contribution in [0.25, 0.3) is 0 Å². The first-order chi connectivity index (χ1) is 8.04. The highest BCUT2D eigenvalue weighted by atomic mass is 16.5. The largest absolute Gasteiger partial charge is 0.464 e. The second kappa shape index (κ2) is 3.13. The molecule has 2 aliphatic rings. The third-order valence-electron chi connectivity index (χ3n) is 4.50. The van der Waals surface area contributed by atoms with Gasteiger partial charge in [-0.1, -0.05) is 0 Å². The van der Waals surface area contributed by atoms with E-state index in [1.165, 1.54) is 12.8 Å². The van der Waals surface area contributed by atoms with Crippen molar-refractivity contribution in [3.05, 3.63) is 23.5 Å². The summed E-state index contributed by atoms with van der Waals surface area (Å²) in [6.07, 6.45) is 4.49. The van der Waals surface area contributed by atoms with Crippen molar-refractivity contribution in [1.82, 2.24) is 4.57 Å². The molecule has 1 aromatic rings. The summed E-state index contributed by atoms with van der Waals surface area (Å²) >= 11 is 0. The van der Waals surface area contributed by atoms with Crippen LogP contribution in [-0.4, -0.2) is 23.2 Å². The van der Waals surface area contributed by atoms with Crippen molar-refractivity contribution >= 4 is 5.97 Å². The smallest absolute Gasteiger partial charge is 0.354 e. The van der Waals surface area contributed by atoms with E-state index in [1.807, 2.05) is 23.7 Å². The highest BCUT2D eigenvalue weighted by molar-refractivity contribution is 5.88. The van der Waals surface area contributed by atoms with E-state index in [1.54, 1.807) is 0 Å². The maximum Gasteiger partial charge on any atom is 0.354 e. The number of carbonyl (C=O) groups is 1. The summed E-state index contributed by atoms with van der Waals surface area (Å²) in [5, 5.41) is 0. The fourth-order valence-corrected chi connectivity index (χ4v) is 3.05. The van der Waals surface area contributed by atoms with E-state index in [2.05, 4.69) is 0 Å². The van der Waals surface area contributed by atoms with E-state index in [4.69, 9.17) is 10.5 Å². The van der Waals surface area contributed by atoms with Crippen LogP contribution >= 0.6 is 0 Å². The van der Waals surface area contributed by atoms with Crippen LogP contribution in [0.2, 0.25) is 0 Å². The summed E-state index contributed by atoms with van der Waals surface area (Å²) in [6, 6.07) is 3.87. The van der Waals surface area contributed by atoms with Gasteiger partial charge in [0, 0.05) is 23.7 Å². The number of nitrogens with zero attached hydrogens (tertiary/aromatic N) is 1. The molecule has 4 nitrogen and oxygen atoms in total. The van der Waals surface area contributed by atoms with Crippen LogP contribution in [-0.2, 0) is 17.2 Å². The summed E-state index contributed by atoms with van der Waals surface area (Å²) in [5.74, 6) is -0.281. The maximum atomic E-state index is 11.6. The Kier molecular flexibility index (Phi) is 2.00. The first-order valence-corrected chi connectivity index (χ1v) is 6.07. The lowest BCUT2D eigenvalue weighted by molar-refractivity contribution is 0.0589. The molecule has 92 valence electrons. The third-order valence-corrected chi connectivity index (χ3v) is 4.50. The number of methoxy groups -OCH3 is 1. The molecule has 4 heteroatoms. The molecule has 2 fully saturated rings. The van der Waals surface area contributed by atoms with Gasteiger partial charge < -0.3 is 15.0 Å². The number of hydrogen-bond donors (Lipinski definition) is 1. The minimum absolute atomic E-state index is 0.0213. The Morgan fingerprint density at radius 3 is 2.47 bits per heavy atom. The number of nitrogens with two attached hydrogens (primary N) is 1. The van der Waals surface area contributed by atoms with Crippen LogP contribution in [0.4, 0.5) is 0 Å². The normalized spacial score (nSPS) is 23.2. The third kappa shape index (κ3) is 1.30. The Bertz CT molecular complexity index is 482. The molecule has 0 saturated heterocycles. The SMILES string of the molecule is COC(=O)c1ccc(C2(C3(N)CC3)CC2)n1C. The van der Waals surface area contributed by atoms with Crippen molar-refractivity contribution in [3.8, 4) is 0 Å². The molecule has 0 amide bonds. The molecule has 17 heavy (non-hydrogen) atoms. The zero-order chi connectivity index (χ0) is 12.3. The van der Waals surface area contributed by atoms with Crippen LogP contribution in [0.5, 0.6) is 0 Å². The van der Waals surface area contributed by atoms with E-state index in [-0.39, 0.29) is 16.9 Å². The van der Waals surface area contributed by atoms with Gasteiger partial charge in [-0.3, -0.25) is 0 Å². The summed E-state index contributed by atoms with van der Waals surface area (Å²) < 4.78 is 6.72. The van der Waals surface area contributed by atoms with Crippen molar-refractivity contribution in [2.24, 2.45) is 12.8 Å². The van der Waals surface area contributed by atoms with E-state index < -0.39 is 0 Å². The van der Waals surface area contributed by atoms with Crippen LogP contribution < -0.4 is 5.73 Å². The fraction of sp³-hybridized carbons (Fsp3) is 0.615. The van der Waals surface area contributed by atoms with Gasteiger partial charge in [0.25, 0.3) is 0 Å². The van der Waals surface area contributed by atoms with Gasteiger partial charge in [-0.05, 0) is 37.8 Å². The Hall–Kier alpha value is -1.29. The number of aromatic nitrogens is 1. The van der Waals surface area contributed by atoms with Gasteiger partial charge in [-0.25, -0.2) is 4.79 Å². The molecular formula is C13H18N2O2. The molecule has 0 aromatic carbocycles. The molecule has 0 atom stereocenters. The quantitative estimate of drug-likeness (QED) is 0.803. The molecule has 1 aromatic heterocycles. The van der Waals surface area contributed by atoms with Crippen LogP contribution in [0.3, 0.4) is 0 Å². The molecule has 0 spiro atoms. The molecule has 1 heterocycles. The van der Waals surface area contributed by atoms with E-state index >= 15 is 0 Å². The number of esters is 1. The van der Waals surface area contributed by atoms with Crippen molar-refractivity contribution in [2.75, 3.05) is 7.11 Å². The van der Waals surface area contributed by atoms with Gasteiger partial charge in [0.15, 0.2) is 0 Å². The number of carbonyl (C=O) groups excluding carboxylic acids is 1. The Morgan fingerprint density at radius 2 is 2.00 bits per heavy atom. The fourth-order valence-electron chi connectivity index (χ4n) is 3.05. The molecule has 0 aliphatic heterocycles. The number of rotatable bonds is 3. The summed E-state index contributed by atoms with van der Waals surface area (Å²) in [7, 11) is 3.33. The topological polar surface area (TPSA) is 57.2 Å². The second-order valence-electron chi connectivity index (χ2n) is 5.39. The van der Waals surface area contributed by atoms with E-state index in [0.29, 0.717) is 5.69 Å². The standard InChI is InChI=1S/C13H18N2O2/c1-15-9(11(16)17-2)3-4-10(15)12(5-6-12)13(14)7-8-13/h3-4H,5-8,14H2,1-2H3. The molecule has 0 bridgehead atoms. The average molecular weight is 234 g/mol. The Balaban J connectivity index is 2.00. The lowest BCUT2D eigenvalue weighted by atomic mass is 9.90. The highest BCUT2D eigenvalue weighted by Crippen LogP contribution is 2.63. The van der Waals surface area contributed by atoms with Gasteiger partial charge in [0.05, 0.1) is 7.11 Å². The Labute approximate surface area is 101 Å². The zero-order valence-electron chi connectivity index (χ0n) is 10.3. The number of hydrogen-bond acceptors (Lipinski definition) is 3. The van der Waals surface area contributed by atoms with E-state index in [0.717, 1.165) is 25.7 Å². The molecule has 3 rings (SSSR count). The van der Waals surface area contributed by atoms with Crippen molar-refractivity contribution in [1.29, 1.82) is 0 Å². The number of ether oxygens (including phenoxy) is 1. The van der Waals surface area contributed by atoms with Crippen LogP contribution in [0.1, 0.15) is 41.9 Å². The molecule has 2 aliphatic carbocycles. The molecule has 2 saturated carbocycles. The predicted octanol–water partition coefficient (Wildman–Crippen LogP) is 1.33. The van der Waals surface area contributed by atoms with Gasteiger partial charge >= 0.3 is 5.97 Å².